The van der Waals surface area contributed by atoms with Crippen molar-refractivity contribution in [2.24, 2.45) is 0 Å². The third-order valence-electron chi connectivity index (χ3n) is 4.08. The number of nitrogens with zero attached hydrogens (tertiary/aromatic N) is 1. The smallest absolute Gasteiger partial charge is 0.318 e. The molecule has 1 atom stereocenters. The van der Waals surface area contributed by atoms with Crippen LogP contribution in [0.5, 0.6) is 0 Å². The van der Waals surface area contributed by atoms with Crippen LogP contribution in [0.4, 0.5) is 13.6 Å². The second-order valence-corrected chi connectivity index (χ2v) is 5.62. The zero-order valence-electron chi connectivity index (χ0n) is 12.3. The predicted molar refractivity (Wildman–Crippen MR) is 74.1 cm³/mol. The van der Waals surface area contributed by atoms with Crippen LogP contribution in [0, 0.1) is 11.6 Å². The quantitative estimate of drug-likeness (QED) is 0.911. The van der Waals surface area contributed by atoms with Crippen molar-refractivity contribution in [1.29, 1.82) is 0 Å². The van der Waals surface area contributed by atoms with Crippen LogP contribution in [-0.2, 0) is 9.47 Å². The molecule has 1 aromatic carbocycles. The first-order valence-electron chi connectivity index (χ1n) is 7.27. The Labute approximate surface area is 127 Å². The van der Waals surface area contributed by atoms with Gasteiger partial charge in [0.05, 0.1) is 25.8 Å². The first-order valence-corrected chi connectivity index (χ1v) is 7.27. The van der Waals surface area contributed by atoms with E-state index in [1.165, 1.54) is 6.07 Å². The summed E-state index contributed by atoms with van der Waals surface area (Å²) in [6, 6.07) is 2.91. The van der Waals surface area contributed by atoms with E-state index in [4.69, 9.17) is 9.47 Å². The molecule has 2 aliphatic rings. The molecule has 5 nitrogen and oxygen atoms in total. The van der Waals surface area contributed by atoms with Crippen molar-refractivity contribution in [1.82, 2.24) is 10.2 Å². The molecule has 22 heavy (non-hydrogen) atoms. The molecule has 2 heterocycles. The van der Waals surface area contributed by atoms with Crippen LogP contribution >= 0.6 is 0 Å². The van der Waals surface area contributed by atoms with Crippen molar-refractivity contribution in [2.75, 3.05) is 26.3 Å². The van der Waals surface area contributed by atoms with Crippen LogP contribution in [0.25, 0.3) is 0 Å². The number of benzene rings is 1. The molecule has 0 aliphatic carbocycles. The van der Waals surface area contributed by atoms with E-state index in [9.17, 15) is 13.6 Å². The predicted octanol–water partition coefficient (Wildman–Crippen LogP) is 2.18. The molecule has 7 heteroatoms. The van der Waals surface area contributed by atoms with Gasteiger partial charge in [-0.2, -0.15) is 0 Å². The van der Waals surface area contributed by atoms with E-state index in [0.29, 0.717) is 38.3 Å². The first-order chi connectivity index (χ1) is 10.5. The number of rotatable bonds is 2. The molecule has 0 radical (unpaired) electrons. The fourth-order valence-corrected chi connectivity index (χ4v) is 2.80. The second-order valence-electron chi connectivity index (χ2n) is 5.62. The fourth-order valence-electron chi connectivity index (χ4n) is 2.80. The lowest BCUT2D eigenvalue weighted by Crippen LogP contribution is -2.42. The minimum atomic E-state index is -0.925. The molecule has 0 aromatic heterocycles. The Bertz CT molecular complexity index is 576. The van der Waals surface area contributed by atoms with Crippen LogP contribution in [0.15, 0.2) is 18.2 Å². The number of hydrogen-bond acceptors (Lipinski definition) is 3. The van der Waals surface area contributed by atoms with E-state index < -0.39 is 23.5 Å². The second kappa shape index (κ2) is 5.81. The van der Waals surface area contributed by atoms with Gasteiger partial charge in [0.15, 0.2) is 17.4 Å². The Kier molecular flexibility index (Phi) is 4.01. The summed E-state index contributed by atoms with van der Waals surface area (Å²) in [5.74, 6) is -2.49. The maximum atomic E-state index is 13.2. The molecule has 2 amide bonds. The Morgan fingerprint density at radius 1 is 1.32 bits per heavy atom. The summed E-state index contributed by atoms with van der Waals surface area (Å²) in [7, 11) is 0. The van der Waals surface area contributed by atoms with Gasteiger partial charge >= 0.3 is 6.03 Å². The molecule has 1 spiro atoms. The van der Waals surface area contributed by atoms with Crippen LogP contribution in [0.1, 0.15) is 24.9 Å². The molecule has 0 bridgehead atoms. The highest BCUT2D eigenvalue weighted by atomic mass is 19.2. The Morgan fingerprint density at radius 2 is 2.05 bits per heavy atom. The Hall–Kier alpha value is -1.73. The third kappa shape index (κ3) is 2.91. The van der Waals surface area contributed by atoms with Gasteiger partial charge in [0, 0.05) is 13.0 Å². The van der Waals surface area contributed by atoms with E-state index in [2.05, 4.69) is 5.32 Å². The molecule has 120 valence electrons. The van der Waals surface area contributed by atoms with Gasteiger partial charge in [0.25, 0.3) is 0 Å². The van der Waals surface area contributed by atoms with E-state index in [-0.39, 0.29) is 6.03 Å². The lowest BCUT2D eigenvalue weighted by atomic mass is 10.1. The lowest BCUT2D eigenvalue weighted by Gasteiger charge is -2.24. The summed E-state index contributed by atoms with van der Waals surface area (Å²) in [4.78, 5) is 13.9. The number of carbonyl (C=O) groups is 1. The molecule has 1 unspecified atom stereocenters. The molecule has 1 N–H and O–H groups in total. The van der Waals surface area contributed by atoms with Gasteiger partial charge in [-0.15, -0.1) is 0 Å². The molecule has 3 rings (SSSR count). The number of hydrogen-bond donors (Lipinski definition) is 1. The van der Waals surface area contributed by atoms with Crippen LogP contribution in [0.3, 0.4) is 0 Å². The van der Waals surface area contributed by atoms with Crippen LogP contribution < -0.4 is 5.32 Å². The van der Waals surface area contributed by atoms with Crippen LogP contribution in [0.2, 0.25) is 0 Å². The summed E-state index contributed by atoms with van der Waals surface area (Å²) in [6.45, 7) is 3.72. The minimum Gasteiger partial charge on any atom is -0.346 e. The van der Waals surface area contributed by atoms with Crippen molar-refractivity contribution < 1.29 is 23.0 Å². The summed E-state index contributed by atoms with van der Waals surface area (Å²) in [6.07, 6.45) is 0.639. The zero-order chi connectivity index (χ0) is 15.7. The fraction of sp³-hybridized carbons (Fsp3) is 0.533. The number of likely N-dealkylation sites (tertiary alicyclic amines) is 1. The first kappa shape index (κ1) is 15.2. The standard InChI is InChI=1S/C15H18F2N2O3/c1-10(11-2-3-12(16)13(17)8-11)18-14(20)19-5-4-15(9-19)21-6-7-22-15/h2-3,8,10H,4-7,9H2,1H3,(H,18,20). The van der Waals surface area contributed by atoms with E-state index >= 15 is 0 Å². The SMILES string of the molecule is CC(NC(=O)N1CCC2(C1)OCCO2)c1ccc(F)c(F)c1. The zero-order valence-corrected chi connectivity index (χ0v) is 12.3. The van der Waals surface area contributed by atoms with Crippen molar-refractivity contribution in [3.63, 3.8) is 0 Å². The number of carbonyl (C=O) groups excluding carboxylic acids is 1. The minimum absolute atomic E-state index is 0.270. The van der Waals surface area contributed by atoms with Crippen molar-refractivity contribution in [3.8, 4) is 0 Å². The summed E-state index contributed by atoms with van der Waals surface area (Å²) >= 11 is 0. The van der Waals surface area contributed by atoms with Gasteiger partial charge in [-0.05, 0) is 24.6 Å². The maximum absolute atomic E-state index is 13.2. The molecule has 2 saturated heterocycles. The van der Waals surface area contributed by atoms with Crippen molar-refractivity contribution in [3.05, 3.63) is 35.4 Å². The number of urea groups is 1. The maximum Gasteiger partial charge on any atom is 0.318 e. The van der Waals surface area contributed by atoms with Crippen molar-refractivity contribution in [2.45, 2.75) is 25.2 Å². The molecular weight excluding hydrogens is 294 g/mol. The third-order valence-corrected chi connectivity index (χ3v) is 4.08. The largest absolute Gasteiger partial charge is 0.346 e. The Morgan fingerprint density at radius 3 is 2.73 bits per heavy atom. The summed E-state index contributed by atoms with van der Waals surface area (Å²) in [5.41, 5.74) is 0.509. The molecule has 0 saturated carbocycles. The number of nitrogens with one attached hydrogen (secondary N) is 1. The lowest BCUT2D eigenvalue weighted by molar-refractivity contribution is -0.143. The summed E-state index contributed by atoms with van der Waals surface area (Å²) < 4.78 is 37.3. The highest BCUT2D eigenvalue weighted by molar-refractivity contribution is 5.75. The van der Waals surface area contributed by atoms with E-state index in [1.807, 2.05) is 0 Å². The van der Waals surface area contributed by atoms with E-state index in [1.54, 1.807) is 11.8 Å². The monoisotopic (exact) mass is 312 g/mol. The van der Waals surface area contributed by atoms with Gasteiger partial charge in [-0.1, -0.05) is 6.07 Å². The van der Waals surface area contributed by atoms with Gasteiger partial charge < -0.3 is 19.7 Å². The average molecular weight is 312 g/mol. The highest BCUT2D eigenvalue weighted by Crippen LogP contribution is 2.30. The van der Waals surface area contributed by atoms with Crippen molar-refractivity contribution >= 4 is 6.03 Å². The van der Waals surface area contributed by atoms with E-state index in [0.717, 1.165) is 12.1 Å². The molecule has 2 aliphatic heterocycles. The number of halogens is 2. The summed E-state index contributed by atoms with van der Waals surface area (Å²) in [5, 5.41) is 2.78. The number of ether oxygens (including phenoxy) is 2. The van der Waals surface area contributed by atoms with Gasteiger partial charge in [-0.25, -0.2) is 13.6 Å². The normalized spacial score (nSPS) is 21.3. The molecule has 2 fully saturated rings. The van der Waals surface area contributed by atoms with Gasteiger partial charge in [-0.3, -0.25) is 0 Å². The van der Waals surface area contributed by atoms with Crippen LogP contribution in [-0.4, -0.2) is 43.0 Å². The topological polar surface area (TPSA) is 50.8 Å². The Balaban J connectivity index is 1.60. The highest BCUT2D eigenvalue weighted by Gasteiger charge is 2.44. The molecular formula is C15H18F2N2O3. The van der Waals surface area contributed by atoms with Gasteiger partial charge in [0.2, 0.25) is 0 Å². The number of amides is 2. The average Bonchev–Trinajstić information content (AvgIpc) is 3.12. The molecule has 1 aromatic rings. The van der Waals surface area contributed by atoms with Gasteiger partial charge in [0.1, 0.15) is 0 Å².